The second kappa shape index (κ2) is 9.70. The summed E-state index contributed by atoms with van der Waals surface area (Å²) in [5.41, 5.74) is 1.73. The number of hydrogen-bond donors (Lipinski definition) is 0. The largest absolute Gasteiger partial charge is 0.573 e. The highest BCUT2D eigenvalue weighted by Gasteiger charge is 2.32. The molecule has 0 aromatic heterocycles. The van der Waals surface area contributed by atoms with Gasteiger partial charge in [-0.15, -0.1) is 13.2 Å². The molecule has 0 fully saturated rings. The second-order valence-corrected chi connectivity index (χ2v) is 10.2. The molecule has 11 heteroatoms. The first-order valence-electron chi connectivity index (χ1n) is 10.3. The molecule has 0 atom stereocenters. The summed E-state index contributed by atoms with van der Waals surface area (Å²) in [6, 6.07) is 10.5. The van der Waals surface area contributed by atoms with Crippen LogP contribution in [0.5, 0.6) is 5.75 Å². The van der Waals surface area contributed by atoms with Gasteiger partial charge >= 0.3 is 6.36 Å². The Balaban J connectivity index is 1.74. The molecular formula is C22H26F3N3O4S. The van der Waals surface area contributed by atoms with Gasteiger partial charge in [0.1, 0.15) is 5.75 Å². The van der Waals surface area contributed by atoms with Gasteiger partial charge in [-0.2, -0.15) is 0 Å². The number of sulfonamides is 1. The molecular weight excluding hydrogens is 459 g/mol. The fraction of sp³-hybridized carbons (Fsp3) is 0.409. The minimum Gasteiger partial charge on any atom is -0.405 e. The van der Waals surface area contributed by atoms with Crippen LogP contribution in [0.15, 0.2) is 47.4 Å². The van der Waals surface area contributed by atoms with E-state index in [-0.39, 0.29) is 29.6 Å². The molecule has 0 bridgehead atoms. The van der Waals surface area contributed by atoms with Gasteiger partial charge < -0.3 is 9.64 Å². The number of ether oxygens (including phenoxy) is 1. The zero-order chi connectivity index (χ0) is 24.4. The van der Waals surface area contributed by atoms with Crippen molar-refractivity contribution in [1.29, 1.82) is 0 Å². The number of rotatable bonds is 7. The normalized spacial score (nSPS) is 14.5. The zero-order valence-electron chi connectivity index (χ0n) is 18.6. The first-order valence-corrected chi connectivity index (χ1v) is 11.7. The van der Waals surface area contributed by atoms with Crippen molar-refractivity contribution in [2.24, 2.45) is 0 Å². The summed E-state index contributed by atoms with van der Waals surface area (Å²) in [6.07, 6.45) is -3.48. The fourth-order valence-electron chi connectivity index (χ4n) is 3.73. The molecule has 0 radical (unpaired) electrons. The van der Waals surface area contributed by atoms with E-state index in [0.717, 1.165) is 9.87 Å². The number of fused-ring (bicyclic) bond motifs is 1. The number of carbonyl (C=O) groups is 1. The number of benzene rings is 2. The summed E-state index contributed by atoms with van der Waals surface area (Å²) >= 11 is 0. The summed E-state index contributed by atoms with van der Waals surface area (Å²) in [5, 5.41) is 0. The van der Waals surface area contributed by atoms with Gasteiger partial charge in [0.2, 0.25) is 15.9 Å². The van der Waals surface area contributed by atoms with E-state index in [0.29, 0.717) is 30.6 Å². The molecule has 0 spiro atoms. The molecule has 3 rings (SSSR count). The fourth-order valence-corrected chi connectivity index (χ4v) is 4.68. The van der Waals surface area contributed by atoms with E-state index in [4.69, 9.17) is 0 Å². The number of para-hydroxylation sites is 1. The molecule has 180 valence electrons. The lowest BCUT2D eigenvalue weighted by atomic mass is 10.0. The van der Waals surface area contributed by atoms with Crippen LogP contribution in [0.25, 0.3) is 0 Å². The number of hydrogen-bond acceptors (Lipinski definition) is 5. The number of nitrogens with zero attached hydrogens (tertiary/aromatic N) is 3. The van der Waals surface area contributed by atoms with Gasteiger partial charge in [0.15, 0.2) is 0 Å². The van der Waals surface area contributed by atoms with Gasteiger partial charge in [0.25, 0.3) is 0 Å². The smallest absolute Gasteiger partial charge is 0.405 e. The number of halogens is 3. The highest BCUT2D eigenvalue weighted by atomic mass is 32.2. The summed E-state index contributed by atoms with van der Waals surface area (Å²) in [6.45, 7) is 0.531. The Kier molecular flexibility index (Phi) is 7.35. The van der Waals surface area contributed by atoms with E-state index in [1.165, 1.54) is 38.4 Å². The van der Waals surface area contributed by atoms with Crippen LogP contribution in [0.1, 0.15) is 17.5 Å². The average Bonchev–Trinajstić information content (AvgIpc) is 2.73. The Morgan fingerprint density at radius 1 is 1.12 bits per heavy atom. The highest BCUT2D eigenvalue weighted by molar-refractivity contribution is 7.89. The summed E-state index contributed by atoms with van der Waals surface area (Å²) in [7, 11) is 0.963. The predicted molar refractivity (Wildman–Crippen MR) is 117 cm³/mol. The van der Waals surface area contributed by atoms with Crippen LogP contribution in [0.3, 0.4) is 0 Å². The van der Waals surface area contributed by atoms with Gasteiger partial charge in [-0.3, -0.25) is 9.69 Å². The molecule has 0 saturated carbocycles. The molecule has 0 unspecified atom stereocenters. The topological polar surface area (TPSA) is 70.2 Å². The van der Waals surface area contributed by atoms with Gasteiger partial charge in [0.05, 0.1) is 11.4 Å². The Morgan fingerprint density at radius 2 is 1.82 bits per heavy atom. The SMILES string of the molecule is CN(CC(=O)N1CCCc2cc(S(=O)(=O)N(C)C)ccc21)Cc1ccccc1OC(F)(F)F. The van der Waals surface area contributed by atoms with Gasteiger partial charge in [-0.05, 0) is 49.7 Å². The standard InChI is InChI=1S/C22H26F3N3O4S/c1-26(2)33(30,31)18-10-11-19-16(13-18)8-6-12-28(19)21(29)15-27(3)14-17-7-4-5-9-20(17)32-22(23,24)25/h4-5,7,9-11,13H,6,8,12,14-15H2,1-3H3. The van der Waals surface area contributed by atoms with Crippen molar-refractivity contribution in [3.8, 4) is 5.75 Å². The molecule has 1 aliphatic rings. The average molecular weight is 486 g/mol. The third-order valence-corrected chi connectivity index (χ3v) is 7.10. The van der Waals surface area contributed by atoms with Crippen molar-refractivity contribution < 1.29 is 31.1 Å². The number of amides is 1. The van der Waals surface area contributed by atoms with Crippen molar-refractivity contribution in [2.75, 3.05) is 39.1 Å². The zero-order valence-corrected chi connectivity index (χ0v) is 19.4. The molecule has 2 aromatic rings. The number of likely N-dealkylation sites (N-methyl/N-ethyl adjacent to an activating group) is 1. The first-order chi connectivity index (χ1) is 15.4. The Morgan fingerprint density at radius 3 is 2.48 bits per heavy atom. The lowest BCUT2D eigenvalue weighted by Crippen LogP contribution is -2.41. The lowest BCUT2D eigenvalue weighted by molar-refractivity contribution is -0.275. The third-order valence-electron chi connectivity index (χ3n) is 5.29. The van der Waals surface area contributed by atoms with E-state index in [1.807, 2.05) is 0 Å². The molecule has 7 nitrogen and oxygen atoms in total. The van der Waals surface area contributed by atoms with Crippen LogP contribution >= 0.6 is 0 Å². The quantitative estimate of drug-likeness (QED) is 0.602. The molecule has 1 amide bonds. The Bertz CT molecular complexity index is 1120. The van der Waals surface area contributed by atoms with E-state index in [9.17, 15) is 26.4 Å². The van der Waals surface area contributed by atoms with Crippen molar-refractivity contribution in [3.63, 3.8) is 0 Å². The van der Waals surface area contributed by atoms with Gasteiger partial charge in [0, 0.05) is 38.4 Å². The molecule has 0 N–H and O–H groups in total. The van der Waals surface area contributed by atoms with Crippen molar-refractivity contribution in [3.05, 3.63) is 53.6 Å². The number of carbonyl (C=O) groups excluding carboxylic acids is 1. The van der Waals surface area contributed by atoms with Crippen LogP contribution < -0.4 is 9.64 Å². The van der Waals surface area contributed by atoms with Crippen LogP contribution in [-0.2, 0) is 27.8 Å². The summed E-state index contributed by atoms with van der Waals surface area (Å²) in [5.74, 6) is -0.530. The Hall–Kier alpha value is -2.63. The van der Waals surface area contributed by atoms with Crippen LogP contribution in [0.4, 0.5) is 18.9 Å². The predicted octanol–water partition coefficient (Wildman–Crippen LogP) is 3.25. The van der Waals surface area contributed by atoms with Crippen LogP contribution in [0.2, 0.25) is 0 Å². The second-order valence-electron chi connectivity index (χ2n) is 8.05. The first kappa shape index (κ1) is 25.0. The van der Waals surface area contributed by atoms with E-state index in [2.05, 4.69) is 4.74 Å². The maximum Gasteiger partial charge on any atom is 0.573 e. The maximum absolute atomic E-state index is 13.0. The van der Waals surface area contributed by atoms with Crippen molar-refractivity contribution in [2.45, 2.75) is 30.6 Å². The number of anilines is 1. The van der Waals surface area contributed by atoms with E-state index in [1.54, 1.807) is 35.0 Å². The Labute approximate surface area is 191 Å². The number of alkyl halides is 3. The lowest BCUT2D eigenvalue weighted by Gasteiger charge is -2.31. The van der Waals surface area contributed by atoms with E-state index >= 15 is 0 Å². The summed E-state index contributed by atoms with van der Waals surface area (Å²) < 4.78 is 68.1. The van der Waals surface area contributed by atoms with Crippen molar-refractivity contribution in [1.82, 2.24) is 9.21 Å². The molecule has 33 heavy (non-hydrogen) atoms. The minimum absolute atomic E-state index is 0.0302. The third kappa shape index (κ3) is 6.04. The van der Waals surface area contributed by atoms with Crippen LogP contribution in [-0.4, -0.2) is 64.1 Å². The maximum atomic E-state index is 13.0. The van der Waals surface area contributed by atoms with Crippen molar-refractivity contribution >= 4 is 21.6 Å². The molecule has 0 aliphatic carbocycles. The molecule has 1 heterocycles. The summed E-state index contributed by atoms with van der Waals surface area (Å²) in [4.78, 5) is 16.4. The minimum atomic E-state index is -4.80. The van der Waals surface area contributed by atoms with E-state index < -0.39 is 16.4 Å². The van der Waals surface area contributed by atoms with Crippen LogP contribution in [0, 0.1) is 0 Å². The molecule has 0 saturated heterocycles. The number of aryl methyl sites for hydroxylation is 1. The molecule has 2 aromatic carbocycles. The monoisotopic (exact) mass is 485 g/mol. The highest BCUT2D eigenvalue weighted by Crippen LogP contribution is 2.31. The van der Waals surface area contributed by atoms with Gasteiger partial charge in [-0.1, -0.05) is 18.2 Å². The van der Waals surface area contributed by atoms with Gasteiger partial charge in [-0.25, -0.2) is 12.7 Å². The molecule has 1 aliphatic heterocycles.